The van der Waals surface area contributed by atoms with Crippen molar-refractivity contribution >= 4 is 11.6 Å². The third-order valence-electron chi connectivity index (χ3n) is 4.82. The predicted octanol–water partition coefficient (Wildman–Crippen LogP) is 4.08. The zero-order chi connectivity index (χ0) is 12.0. The van der Waals surface area contributed by atoms with E-state index in [2.05, 4.69) is 19.1 Å². The number of halogens is 1. The third kappa shape index (κ3) is 2.00. The molecule has 0 amide bonds. The summed E-state index contributed by atoms with van der Waals surface area (Å²) in [5.41, 5.74) is 8.87. The van der Waals surface area contributed by atoms with E-state index in [-0.39, 0.29) is 6.04 Å². The molecule has 4 unspecified atom stereocenters. The summed E-state index contributed by atoms with van der Waals surface area (Å²) in [6.07, 6.45) is 5.60. The second-order valence-electron chi connectivity index (χ2n) is 5.87. The lowest BCUT2D eigenvalue weighted by atomic mass is 9.81. The van der Waals surface area contributed by atoms with Gasteiger partial charge in [-0.2, -0.15) is 0 Å². The van der Waals surface area contributed by atoms with Crippen molar-refractivity contribution in [1.29, 1.82) is 0 Å². The Morgan fingerprint density at radius 2 is 2.12 bits per heavy atom. The zero-order valence-corrected chi connectivity index (χ0v) is 11.1. The van der Waals surface area contributed by atoms with E-state index in [0.717, 1.165) is 22.4 Å². The van der Waals surface area contributed by atoms with E-state index in [1.54, 1.807) is 0 Å². The van der Waals surface area contributed by atoms with Crippen LogP contribution in [0.3, 0.4) is 0 Å². The van der Waals surface area contributed by atoms with Gasteiger partial charge in [0.15, 0.2) is 0 Å². The van der Waals surface area contributed by atoms with Crippen molar-refractivity contribution in [3.05, 3.63) is 34.3 Å². The summed E-state index contributed by atoms with van der Waals surface area (Å²) in [5, 5.41) is 0.842. The molecule has 2 heteroatoms. The van der Waals surface area contributed by atoms with Gasteiger partial charge < -0.3 is 5.73 Å². The molecule has 92 valence electrons. The molecule has 17 heavy (non-hydrogen) atoms. The summed E-state index contributed by atoms with van der Waals surface area (Å²) < 4.78 is 0. The number of hydrogen-bond acceptors (Lipinski definition) is 1. The highest BCUT2D eigenvalue weighted by molar-refractivity contribution is 6.31. The lowest BCUT2D eigenvalue weighted by Crippen LogP contribution is -2.26. The van der Waals surface area contributed by atoms with Crippen LogP contribution in [0.5, 0.6) is 0 Å². The minimum Gasteiger partial charge on any atom is -0.324 e. The van der Waals surface area contributed by atoms with Crippen LogP contribution in [0.2, 0.25) is 5.02 Å². The maximum absolute atomic E-state index is 6.46. The summed E-state index contributed by atoms with van der Waals surface area (Å²) in [5.74, 6) is 2.55. The van der Waals surface area contributed by atoms with Crippen molar-refractivity contribution < 1.29 is 0 Å². The van der Waals surface area contributed by atoms with E-state index in [1.165, 1.54) is 31.2 Å². The molecule has 2 N–H and O–H groups in total. The van der Waals surface area contributed by atoms with Gasteiger partial charge in [0.25, 0.3) is 0 Å². The molecule has 0 radical (unpaired) electrons. The topological polar surface area (TPSA) is 26.0 Å². The van der Waals surface area contributed by atoms with Crippen LogP contribution in [0, 0.1) is 24.7 Å². The minimum atomic E-state index is 0.210. The first-order chi connectivity index (χ1) is 8.15. The monoisotopic (exact) mass is 249 g/mol. The molecule has 2 fully saturated rings. The van der Waals surface area contributed by atoms with Crippen LogP contribution >= 0.6 is 11.6 Å². The fourth-order valence-electron chi connectivity index (χ4n) is 3.86. The van der Waals surface area contributed by atoms with Gasteiger partial charge in [0.05, 0.1) is 0 Å². The fourth-order valence-corrected chi connectivity index (χ4v) is 3.97. The summed E-state index contributed by atoms with van der Waals surface area (Å²) >= 11 is 6.07. The van der Waals surface area contributed by atoms with Crippen LogP contribution in [0.1, 0.15) is 42.9 Å². The minimum absolute atomic E-state index is 0.210. The van der Waals surface area contributed by atoms with Crippen LogP contribution in [-0.4, -0.2) is 0 Å². The Balaban J connectivity index is 1.81. The van der Waals surface area contributed by atoms with Gasteiger partial charge in [0, 0.05) is 11.1 Å². The first-order valence-electron chi connectivity index (χ1n) is 6.67. The normalized spacial score (nSPS) is 33.0. The van der Waals surface area contributed by atoms with E-state index in [1.807, 2.05) is 6.07 Å². The van der Waals surface area contributed by atoms with Gasteiger partial charge in [-0.1, -0.05) is 30.2 Å². The van der Waals surface area contributed by atoms with Crippen LogP contribution in [0.25, 0.3) is 0 Å². The van der Waals surface area contributed by atoms with Crippen molar-refractivity contribution in [2.45, 2.75) is 38.6 Å². The van der Waals surface area contributed by atoms with E-state index in [4.69, 9.17) is 17.3 Å². The van der Waals surface area contributed by atoms with Crippen molar-refractivity contribution in [2.75, 3.05) is 0 Å². The van der Waals surface area contributed by atoms with Gasteiger partial charge in [0.1, 0.15) is 0 Å². The number of aryl methyl sites for hydroxylation is 1. The molecule has 0 aromatic heterocycles. The molecule has 3 rings (SSSR count). The Labute approximate surface area is 108 Å². The average Bonchev–Trinajstić information content (AvgIpc) is 2.93. The van der Waals surface area contributed by atoms with E-state index in [9.17, 15) is 0 Å². The van der Waals surface area contributed by atoms with Crippen molar-refractivity contribution in [3.8, 4) is 0 Å². The van der Waals surface area contributed by atoms with Gasteiger partial charge in [-0.05, 0) is 61.1 Å². The molecule has 1 aromatic rings. The Hall–Kier alpha value is -0.530. The maximum atomic E-state index is 6.46. The molecule has 1 aromatic carbocycles. The Morgan fingerprint density at radius 3 is 2.71 bits per heavy atom. The quantitative estimate of drug-likeness (QED) is 0.840. The molecule has 1 nitrogen and oxygen atoms in total. The van der Waals surface area contributed by atoms with Crippen molar-refractivity contribution in [3.63, 3.8) is 0 Å². The maximum Gasteiger partial charge on any atom is 0.0435 e. The zero-order valence-electron chi connectivity index (χ0n) is 10.3. The largest absolute Gasteiger partial charge is 0.324 e. The Bertz CT molecular complexity index is 429. The molecule has 0 saturated heterocycles. The molecule has 2 saturated carbocycles. The molecule has 4 atom stereocenters. The molecule has 0 heterocycles. The molecule has 0 spiro atoms. The number of fused-ring (bicyclic) bond motifs is 2. The van der Waals surface area contributed by atoms with Gasteiger partial charge in [0.2, 0.25) is 0 Å². The van der Waals surface area contributed by atoms with Gasteiger partial charge >= 0.3 is 0 Å². The molecular weight excluding hydrogens is 230 g/mol. The van der Waals surface area contributed by atoms with E-state index >= 15 is 0 Å². The predicted molar refractivity (Wildman–Crippen MR) is 72.1 cm³/mol. The summed E-state index contributed by atoms with van der Waals surface area (Å²) in [6.45, 7) is 2.05. The number of hydrogen-bond donors (Lipinski definition) is 1. The van der Waals surface area contributed by atoms with Crippen LogP contribution in [-0.2, 0) is 0 Å². The smallest absolute Gasteiger partial charge is 0.0435 e. The molecule has 2 bridgehead atoms. The molecule has 2 aliphatic rings. The Morgan fingerprint density at radius 1 is 1.29 bits per heavy atom. The highest BCUT2D eigenvalue weighted by Gasteiger charge is 2.42. The first kappa shape index (κ1) is 11.6. The van der Waals surface area contributed by atoms with Crippen LogP contribution < -0.4 is 5.73 Å². The molecule has 2 aliphatic carbocycles. The SMILES string of the molecule is Cc1cc(C(N)C2CC3CCC2C3)ccc1Cl. The number of nitrogens with two attached hydrogens (primary N) is 1. The highest BCUT2D eigenvalue weighted by Crippen LogP contribution is 2.52. The van der Waals surface area contributed by atoms with Gasteiger partial charge in [-0.25, -0.2) is 0 Å². The summed E-state index contributed by atoms with van der Waals surface area (Å²) in [7, 11) is 0. The van der Waals surface area contributed by atoms with Crippen LogP contribution in [0.4, 0.5) is 0 Å². The first-order valence-corrected chi connectivity index (χ1v) is 7.04. The average molecular weight is 250 g/mol. The molecule has 0 aliphatic heterocycles. The summed E-state index contributed by atoms with van der Waals surface area (Å²) in [4.78, 5) is 0. The second kappa shape index (κ2) is 4.29. The van der Waals surface area contributed by atoms with Crippen molar-refractivity contribution in [1.82, 2.24) is 0 Å². The lowest BCUT2D eigenvalue weighted by molar-refractivity contribution is 0.284. The van der Waals surface area contributed by atoms with E-state index in [0.29, 0.717) is 5.92 Å². The summed E-state index contributed by atoms with van der Waals surface area (Å²) in [6, 6.07) is 6.46. The standard InChI is InChI=1S/C15H20ClN/c1-9-6-12(4-5-14(9)16)15(17)13-8-10-2-3-11(13)7-10/h4-6,10-11,13,15H,2-3,7-8,17H2,1H3. The lowest BCUT2D eigenvalue weighted by Gasteiger charge is -2.28. The van der Waals surface area contributed by atoms with Gasteiger partial charge in [-0.3, -0.25) is 0 Å². The van der Waals surface area contributed by atoms with Gasteiger partial charge in [-0.15, -0.1) is 0 Å². The fraction of sp³-hybridized carbons (Fsp3) is 0.600. The number of rotatable bonds is 2. The highest BCUT2D eigenvalue weighted by atomic mass is 35.5. The third-order valence-corrected chi connectivity index (χ3v) is 5.25. The Kier molecular flexibility index (Phi) is 2.92. The second-order valence-corrected chi connectivity index (χ2v) is 6.28. The van der Waals surface area contributed by atoms with Crippen LogP contribution in [0.15, 0.2) is 18.2 Å². The molecular formula is C15H20ClN. The van der Waals surface area contributed by atoms with Crippen molar-refractivity contribution in [2.24, 2.45) is 23.5 Å². The van der Waals surface area contributed by atoms with E-state index < -0.39 is 0 Å². The number of benzene rings is 1.